The van der Waals surface area contributed by atoms with Crippen molar-refractivity contribution in [1.82, 2.24) is 10.6 Å². The molecule has 0 aromatic heterocycles. The van der Waals surface area contributed by atoms with Gasteiger partial charge in [0.25, 0.3) is 0 Å². The number of aliphatic imine (C=N–C) groups is 1. The molecular weight excluding hydrogens is 300 g/mol. The minimum Gasteiger partial charge on any atom is -0.376 e. The fraction of sp³-hybridized carbons (Fsp3) is 0.526. The largest absolute Gasteiger partial charge is 0.376 e. The van der Waals surface area contributed by atoms with Gasteiger partial charge >= 0.3 is 0 Å². The molecule has 2 aliphatic heterocycles. The van der Waals surface area contributed by atoms with Gasteiger partial charge in [0.1, 0.15) is 0 Å². The molecule has 1 aromatic rings. The Bertz CT molecular complexity index is 570. The molecule has 1 atom stereocenters. The van der Waals surface area contributed by atoms with Crippen LogP contribution in [0.5, 0.6) is 0 Å². The molecule has 0 radical (unpaired) electrons. The summed E-state index contributed by atoms with van der Waals surface area (Å²) < 4.78 is 5.66. The maximum Gasteiger partial charge on any atom is 0.191 e. The van der Waals surface area contributed by atoms with Crippen LogP contribution in [0.1, 0.15) is 25.3 Å². The number of benzene rings is 1. The highest BCUT2D eigenvalue weighted by Crippen LogP contribution is 2.19. The Balaban J connectivity index is 1.57. The van der Waals surface area contributed by atoms with E-state index >= 15 is 0 Å². The predicted molar refractivity (Wildman–Crippen MR) is 99.6 cm³/mol. The second-order valence-corrected chi connectivity index (χ2v) is 6.26. The summed E-state index contributed by atoms with van der Waals surface area (Å²) in [4.78, 5) is 7.07. The number of rotatable bonds is 6. The number of guanidine groups is 1. The number of ether oxygens (including phenoxy) is 1. The van der Waals surface area contributed by atoms with Crippen molar-refractivity contribution in [3.63, 3.8) is 0 Å². The van der Waals surface area contributed by atoms with Crippen molar-refractivity contribution < 1.29 is 4.74 Å². The quantitative estimate of drug-likeness (QED) is 0.478. The highest BCUT2D eigenvalue weighted by atomic mass is 16.5. The van der Waals surface area contributed by atoms with Crippen LogP contribution >= 0.6 is 0 Å². The van der Waals surface area contributed by atoms with E-state index in [2.05, 4.69) is 58.9 Å². The fourth-order valence-electron chi connectivity index (χ4n) is 3.07. The number of nitrogens with one attached hydrogen (secondary N) is 2. The lowest BCUT2D eigenvalue weighted by Gasteiger charge is -2.18. The normalized spacial score (nSPS) is 20.6. The lowest BCUT2D eigenvalue weighted by molar-refractivity contribution is 0.114. The fourth-order valence-corrected chi connectivity index (χ4v) is 3.07. The molecule has 5 nitrogen and oxygen atoms in total. The minimum absolute atomic E-state index is 0.319. The summed E-state index contributed by atoms with van der Waals surface area (Å²) >= 11 is 0. The average molecular weight is 328 g/mol. The second-order valence-electron chi connectivity index (χ2n) is 6.26. The first-order chi connectivity index (χ1) is 11.8. The highest BCUT2D eigenvalue weighted by molar-refractivity contribution is 5.79. The van der Waals surface area contributed by atoms with Crippen LogP contribution in [0.3, 0.4) is 0 Å². The van der Waals surface area contributed by atoms with Crippen LogP contribution in [0.25, 0.3) is 0 Å². The third kappa shape index (κ3) is 4.74. The molecule has 2 aliphatic rings. The third-order valence-corrected chi connectivity index (χ3v) is 4.38. The summed E-state index contributed by atoms with van der Waals surface area (Å²) in [6.07, 6.45) is 7.04. The third-order valence-electron chi connectivity index (χ3n) is 4.38. The van der Waals surface area contributed by atoms with E-state index in [1.165, 1.54) is 11.3 Å². The Morgan fingerprint density at radius 1 is 1.29 bits per heavy atom. The van der Waals surface area contributed by atoms with Gasteiger partial charge in [-0.3, -0.25) is 0 Å². The van der Waals surface area contributed by atoms with Crippen molar-refractivity contribution >= 4 is 11.6 Å². The molecule has 0 saturated carbocycles. The molecule has 0 spiro atoms. The van der Waals surface area contributed by atoms with E-state index < -0.39 is 0 Å². The van der Waals surface area contributed by atoms with Crippen molar-refractivity contribution in [1.29, 1.82) is 0 Å². The smallest absolute Gasteiger partial charge is 0.191 e. The zero-order valence-corrected chi connectivity index (χ0v) is 14.5. The van der Waals surface area contributed by atoms with Crippen LogP contribution in [0.4, 0.5) is 5.69 Å². The van der Waals surface area contributed by atoms with E-state index in [1.54, 1.807) is 0 Å². The van der Waals surface area contributed by atoms with E-state index in [4.69, 9.17) is 9.73 Å². The maximum atomic E-state index is 5.66. The molecule has 24 heavy (non-hydrogen) atoms. The lowest BCUT2D eigenvalue weighted by atomic mass is 10.2. The molecule has 5 heteroatoms. The summed E-state index contributed by atoms with van der Waals surface area (Å²) in [6.45, 7) is 7.33. The van der Waals surface area contributed by atoms with Gasteiger partial charge in [-0.2, -0.15) is 0 Å². The van der Waals surface area contributed by atoms with Gasteiger partial charge in [-0.1, -0.05) is 24.3 Å². The molecule has 3 rings (SSSR count). The summed E-state index contributed by atoms with van der Waals surface area (Å²) in [7, 11) is 0. The standard InChI is InChI=1S/C19H28N4O/c1-2-20-19(22-15-18-9-6-12-24-18)21-14-16-7-5-8-17(13-16)23-10-3-4-11-23/h3-5,7-8,13,18H,2,6,9-12,14-15H2,1H3,(H2,20,21,22). The molecule has 0 amide bonds. The molecule has 1 aromatic carbocycles. The topological polar surface area (TPSA) is 48.9 Å². The Morgan fingerprint density at radius 3 is 2.92 bits per heavy atom. The maximum absolute atomic E-state index is 5.66. The molecule has 1 unspecified atom stereocenters. The van der Waals surface area contributed by atoms with E-state index in [0.717, 1.165) is 51.6 Å². The van der Waals surface area contributed by atoms with Gasteiger partial charge in [-0.15, -0.1) is 0 Å². The van der Waals surface area contributed by atoms with E-state index in [0.29, 0.717) is 12.6 Å². The number of anilines is 1. The van der Waals surface area contributed by atoms with Crippen LogP contribution in [0, 0.1) is 0 Å². The van der Waals surface area contributed by atoms with Crippen LogP contribution in [0.15, 0.2) is 41.4 Å². The molecular formula is C19H28N4O. The summed E-state index contributed by atoms with van der Waals surface area (Å²) in [5, 5.41) is 6.71. The number of hydrogen-bond donors (Lipinski definition) is 2. The van der Waals surface area contributed by atoms with Gasteiger partial charge < -0.3 is 20.3 Å². The Labute approximate surface area is 144 Å². The van der Waals surface area contributed by atoms with Crippen LogP contribution in [-0.4, -0.2) is 44.8 Å². The van der Waals surface area contributed by atoms with Crippen molar-refractivity contribution in [2.24, 2.45) is 4.99 Å². The molecule has 0 aliphatic carbocycles. The first kappa shape index (κ1) is 16.8. The molecule has 2 N–H and O–H groups in total. The molecule has 130 valence electrons. The van der Waals surface area contributed by atoms with Gasteiger partial charge in [-0.05, 0) is 37.5 Å². The first-order valence-corrected chi connectivity index (χ1v) is 8.98. The Kier molecular flexibility index (Phi) is 6.13. The molecule has 1 saturated heterocycles. The molecule has 1 fully saturated rings. The van der Waals surface area contributed by atoms with Gasteiger partial charge in [0.15, 0.2) is 5.96 Å². The van der Waals surface area contributed by atoms with E-state index in [1.807, 2.05) is 0 Å². The summed E-state index contributed by atoms with van der Waals surface area (Å²) in [6, 6.07) is 8.66. The minimum atomic E-state index is 0.319. The first-order valence-electron chi connectivity index (χ1n) is 8.98. The Hall–Kier alpha value is -2.01. The van der Waals surface area contributed by atoms with Gasteiger partial charge in [0.05, 0.1) is 12.6 Å². The van der Waals surface area contributed by atoms with E-state index in [-0.39, 0.29) is 0 Å². The highest BCUT2D eigenvalue weighted by Gasteiger charge is 2.15. The number of hydrogen-bond acceptors (Lipinski definition) is 3. The van der Waals surface area contributed by atoms with Gasteiger partial charge in [0, 0.05) is 38.5 Å². The second kappa shape index (κ2) is 8.73. The molecule has 2 heterocycles. The summed E-state index contributed by atoms with van der Waals surface area (Å²) in [5.74, 6) is 0.862. The lowest BCUT2D eigenvalue weighted by Crippen LogP contribution is -2.41. The van der Waals surface area contributed by atoms with Gasteiger partial charge in [-0.25, -0.2) is 4.99 Å². The van der Waals surface area contributed by atoms with Crippen molar-refractivity contribution in [3.05, 3.63) is 42.0 Å². The van der Waals surface area contributed by atoms with Gasteiger partial charge in [0.2, 0.25) is 0 Å². The van der Waals surface area contributed by atoms with Crippen molar-refractivity contribution in [3.8, 4) is 0 Å². The zero-order chi connectivity index (χ0) is 16.6. The average Bonchev–Trinajstić information content (AvgIpc) is 3.31. The SMILES string of the molecule is CCNC(=NCc1cccc(N2CC=CC2)c1)NCC1CCCO1. The van der Waals surface area contributed by atoms with Crippen LogP contribution < -0.4 is 15.5 Å². The van der Waals surface area contributed by atoms with Crippen molar-refractivity contribution in [2.45, 2.75) is 32.4 Å². The number of nitrogens with zero attached hydrogens (tertiary/aromatic N) is 2. The van der Waals surface area contributed by atoms with Crippen LogP contribution in [0.2, 0.25) is 0 Å². The monoisotopic (exact) mass is 328 g/mol. The summed E-state index contributed by atoms with van der Waals surface area (Å²) in [5.41, 5.74) is 2.50. The molecule has 0 bridgehead atoms. The Morgan fingerprint density at radius 2 is 2.17 bits per heavy atom. The van der Waals surface area contributed by atoms with E-state index in [9.17, 15) is 0 Å². The van der Waals surface area contributed by atoms with Crippen LogP contribution in [-0.2, 0) is 11.3 Å². The van der Waals surface area contributed by atoms with Crippen molar-refractivity contribution in [2.75, 3.05) is 37.7 Å². The zero-order valence-electron chi connectivity index (χ0n) is 14.5. The predicted octanol–water partition coefficient (Wildman–Crippen LogP) is 2.30.